The zero-order valence-corrected chi connectivity index (χ0v) is 18.2. The topological polar surface area (TPSA) is 77.4 Å². The van der Waals surface area contributed by atoms with Crippen LogP contribution in [-0.4, -0.2) is 54.6 Å². The molecule has 0 aromatic rings. The predicted molar refractivity (Wildman–Crippen MR) is 108 cm³/mol. The highest BCUT2D eigenvalue weighted by Crippen LogP contribution is 2.20. The lowest BCUT2D eigenvalue weighted by Gasteiger charge is -2.34. The molecule has 5 heteroatoms. The molecule has 160 valence electrons. The van der Waals surface area contributed by atoms with Crippen molar-refractivity contribution in [1.29, 1.82) is 0 Å². The van der Waals surface area contributed by atoms with Crippen molar-refractivity contribution in [3.8, 4) is 0 Å². The van der Waals surface area contributed by atoms with Crippen LogP contribution in [0, 0.1) is 0 Å². The van der Waals surface area contributed by atoms with E-state index in [9.17, 15) is 19.8 Å². The van der Waals surface area contributed by atoms with E-state index in [0.29, 0.717) is 10.9 Å². The normalized spacial score (nSPS) is 14.1. The Balaban J connectivity index is 3.91. The van der Waals surface area contributed by atoms with Crippen molar-refractivity contribution in [1.82, 2.24) is 0 Å². The first-order valence-electron chi connectivity index (χ1n) is 10.9. The van der Waals surface area contributed by atoms with E-state index in [1.807, 2.05) is 21.1 Å². The molecule has 0 rings (SSSR count). The Morgan fingerprint density at radius 3 is 1.59 bits per heavy atom. The Labute approximate surface area is 166 Å². The molecule has 1 N–H and O–H groups in total. The van der Waals surface area contributed by atoms with Crippen LogP contribution in [0.5, 0.6) is 0 Å². The number of carbonyl (C=O) groups is 2. The van der Waals surface area contributed by atoms with Crippen LogP contribution in [0.25, 0.3) is 0 Å². The van der Waals surface area contributed by atoms with Crippen LogP contribution in [0.15, 0.2) is 0 Å². The molecule has 0 fully saturated rings. The molecular formula is C22H43NO4. The maximum atomic E-state index is 12.4. The number of aliphatic carboxylic acids is 1. The Kier molecular flexibility index (Phi) is 13.6. The highest BCUT2D eigenvalue weighted by atomic mass is 16.4. The van der Waals surface area contributed by atoms with Gasteiger partial charge in [-0.05, 0) is 6.42 Å². The van der Waals surface area contributed by atoms with Crippen LogP contribution >= 0.6 is 0 Å². The summed E-state index contributed by atoms with van der Waals surface area (Å²) < 4.78 is 0.327. The maximum absolute atomic E-state index is 12.4. The summed E-state index contributed by atoms with van der Waals surface area (Å²) in [5.41, 5.74) is -1.82. The molecule has 1 unspecified atom stereocenters. The number of Topliss-reactive ketones (excluding diaryl/α,β-unsaturated/α-hetero) is 1. The van der Waals surface area contributed by atoms with Gasteiger partial charge >= 0.3 is 0 Å². The third-order valence-corrected chi connectivity index (χ3v) is 4.95. The quantitative estimate of drug-likeness (QED) is 0.290. The van der Waals surface area contributed by atoms with E-state index in [-0.39, 0.29) is 18.7 Å². The van der Waals surface area contributed by atoms with Crippen LogP contribution in [0.1, 0.15) is 96.8 Å². The maximum Gasteiger partial charge on any atom is 0.177 e. The number of carboxylic acids is 1. The van der Waals surface area contributed by atoms with Crippen molar-refractivity contribution in [3.05, 3.63) is 0 Å². The van der Waals surface area contributed by atoms with Gasteiger partial charge in [-0.15, -0.1) is 0 Å². The Morgan fingerprint density at radius 1 is 0.815 bits per heavy atom. The molecule has 0 radical (unpaired) electrons. The van der Waals surface area contributed by atoms with Gasteiger partial charge in [0.2, 0.25) is 0 Å². The molecule has 0 saturated heterocycles. The van der Waals surface area contributed by atoms with Gasteiger partial charge < -0.3 is 19.5 Å². The number of likely N-dealkylation sites (N-methyl/N-ethyl adjacent to an activating group) is 1. The number of hydrogen-bond donors (Lipinski definition) is 1. The summed E-state index contributed by atoms with van der Waals surface area (Å²) in [5, 5.41) is 21.5. The minimum atomic E-state index is -1.82. The highest BCUT2D eigenvalue weighted by Gasteiger charge is 2.40. The summed E-state index contributed by atoms with van der Waals surface area (Å²) in [6, 6.07) is 0. The van der Waals surface area contributed by atoms with Crippen molar-refractivity contribution < 1.29 is 24.3 Å². The molecule has 0 bridgehead atoms. The first-order chi connectivity index (χ1) is 12.6. The lowest BCUT2D eigenvalue weighted by atomic mass is 9.89. The van der Waals surface area contributed by atoms with Gasteiger partial charge in [-0.1, -0.05) is 77.6 Å². The second kappa shape index (κ2) is 14.1. The van der Waals surface area contributed by atoms with Crippen LogP contribution in [0.3, 0.4) is 0 Å². The number of ketones is 1. The van der Waals surface area contributed by atoms with Gasteiger partial charge in [0, 0.05) is 18.8 Å². The molecule has 0 spiro atoms. The molecule has 0 aromatic heterocycles. The van der Waals surface area contributed by atoms with E-state index >= 15 is 0 Å². The van der Waals surface area contributed by atoms with Crippen LogP contribution < -0.4 is 5.11 Å². The summed E-state index contributed by atoms with van der Waals surface area (Å²) in [4.78, 5) is 23.4. The number of nitrogens with zero attached hydrogens (tertiary/aromatic N) is 1. The van der Waals surface area contributed by atoms with Crippen molar-refractivity contribution in [2.45, 2.75) is 102 Å². The van der Waals surface area contributed by atoms with Crippen LogP contribution in [0.4, 0.5) is 0 Å². The fourth-order valence-electron chi connectivity index (χ4n) is 3.63. The van der Waals surface area contributed by atoms with Crippen LogP contribution in [-0.2, 0) is 9.59 Å². The number of unbranched alkanes of at least 4 members (excludes halogenated alkanes) is 11. The molecular weight excluding hydrogens is 342 g/mol. The fourth-order valence-corrected chi connectivity index (χ4v) is 3.63. The summed E-state index contributed by atoms with van der Waals surface area (Å²) in [6.07, 6.45) is 14.1. The average Bonchev–Trinajstić information content (AvgIpc) is 2.53. The fraction of sp³-hybridized carbons (Fsp3) is 0.909. The number of aliphatic hydroxyl groups is 1. The van der Waals surface area contributed by atoms with Gasteiger partial charge in [0.15, 0.2) is 11.4 Å². The van der Waals surface area contributed by atoms with E-state index in [1.165, 1.54) is 57.8 Å². The molecule has 0 amide bonds. The number of carbonyl (C=O) groups excluding carboxylic acids is 2. The smallest absolute Gasteiger partial charge is 0.177 e. The molecule has 1 atom stereocenters. The number of rotatable bonds is 18. The van der Waals surface area contributed by atoms with Crippen molar-refractivity contribution >= 4 is 11.8 Å². The summed E-state index contributed by atoms with van der Waals surface area (Å²) in [6.45, 7) is 2.32. The number of carboxylic acid groups (broad SMARTS) is 1. The third-order valence-electron chi connectivity index (χ3n) is 4.95. The van der Waals surface area contributed by atoms with Crippen LogP contribution in [0.2, 0.25) is 0 Å². The Morgan fingerprint density at radius 2 is 1.22 bits per heavy atom. The Hall–Kier alpha value is -0.940. The lowest BCUT2D eigenvalue weighted by molar-refractivity contribution is -0.875. The summed E-state index contributed by atoms with van der Waals surface area (Å²) in [7, 11) is 5.49. The van der Waals surface area contributed by atoms with E-state index in [0.717, 1.165) is 12.8 Å². The molecule has 5 nitrogen and oxygen atoms in total. The Bertz CT molecular complexity index is 417. The SMILES string of the molecule is CCCCCCCCCCCCCCC(=O)C(O)(CC(=O)[O-])C[N+](C)(C)C. The minimum absolute atomic E-state index is 0.0814. The second-order valence-electron chi connectivity index (χ2n) is 9.09. The van der Waals surface area contributed by atoms with Crippen molar-refractivity contribution in [2.75, 3.05) is 27.7 Å². The van der Waals surface area contributed by atoms with Gasteiger partial charge in [-0.3, -0.25) is 4.79 Å². The molecule has 0 aromatic carbocycles. The molecule has 0 heterocycles. The summed E-state index contributed by atoms with van der Waals surface area (Å²) in [5.74, 6) is -1.75. The highest BCUT2D eigenvalue weighted by molar-refractivity contribution is 5.90. The zero-order chi connectivity index (χ0) is 20.8. The minimum Gasteiger partial charge on any atom is -0.550 e. The predicted octanol–water partition coefficient (Wildman–Crippen LogP) is 3.22. The standard InChI is InChI=1S/C22H43NO4/c1-5-6-7-8-9-10-11-12-13-14-15-16-17-20(24)22(27,18-21(25)26)19-23(2,3)4/h27H,5-19H2,1-4H3. The van der Waals surface area contributed by atoms with E-state index in [2.05, 4.69) is 6.92 Å². The van der Waals surface area contributed by atoms with Gasteiger partial charge in [-0.2, -0.15) is 0 Å². The molecule has 0 aliphatic heterocycles. The van der Waals surface area contributed by atoms with E-state index in [4.69, 9.17) is 0 Å². The van der Waals surface area contributed by atoms with E-state index in [1.54, 1.807) is 0 Å². The largest absolute Gasteiger partial charge is 0.550 e. The van der Waals surface area contributed by atoms with Gasteiger partial charge in [0.1, 0.15) is 6.54 Å². The molecule has 0 aliphatic rings. The van der Waals surface area contributed by atoms with E-state index < -0.39 is 18.0 Å². The second-order valence-corrected chi connectivity index (χ2v) is 9.09. The van der Waals surface area contributed by atoms with Gasteiger partial charge in [0.05, 0.1) is 21.1 Å². The monoisotopic (exact) mass is 385 g/mol. The average molecular weight is 386 g/mol. The molecule has 0 aliphatic carbocycles. The third kappa shape index (κ3) is 14.7. The van der Waals surface area contributed by atoms with Gasteiger partial charge in [0.25, 0.3) is 0 Å². The van der Waals surface area contributed by atoms with Crippen molar-refractivity contribution in [2.24, 2.45) is 0 Å². The molecule has 27 heavy (non-hydrogen) atoms. The first-order valence-corrected chi connectivity index (χ1v) is 10.9. The first kappa shape index (κ1) is 26.1. The lowest BCUT2D eigenvalue weighted by Crippen LogP contribution is -2.56. The zero-order valence-electron chi connectivity index (χ0n) is 18.2. The number of hydrogen-bond acceptors (Lipinski definition) is 4. The number of quaternary nitrogens is 1. The summed E-state index contributed by atoms with van der Waals surface area (Å²) >= 11 is 0. The molecule has 0 saturated carbocycles. The van der Waals surface area contributed by atoms with Gasteiger partial charge in [-0.25, -0.2) is 0 Å². The van der Waals surface area contributed by atoms with Crippen molar-refractivity contribution in [3.63, 3.8) is 0 Å².